The Hall–Kier alpha value is -1.75. The minimum absolute atomic E-state index is 0.321. The van der Waals surface area contributed by atoms with E-state index in [4.69, 9.17) is 9.47 Å². The van der Waals surface area contributed by atoms with E-state index in [0.717, 1.165) is 5.56 Å². The molecule has 20 heavy (non-hydrogen) atoms. The van der Waals surface area contributed by atoms with Crippen LogP contribution in [0.15, 0.2) is 18.2 Å². The lowest BCUT2D eigenvalue weighted by molar-refractivity contribution is -0.140. The van der Waals surface area contributed by atoms with Crippen LogP contribution in [0.3, 0.4) is 0 Å². The van der Waals surface area contributed by atoms with Gasteiger partial charge in [0.05, 0.1) is 14.2 Å². The number of carboxylic acids is 1. The van der Waals surface area contributed by atoms with Crippen molar-refractivity contribution in [3.05, 3.63) is 23.8 Å². The summed E-state index contributed by atoms with van der Waals surface area (Å²) in [4.78, 5) is 11.2. The van der Waals surface area contributed by atoms with Crippen LogP contribution in [0.25, 0.3) is 0 Å². The van der Waals surface area contributed by atoms with Crippen LogP contribution in [0.5, 0.6) is 11.5 Å². The van der Waals surface area contributed by atoms with E-state index in [-0.39, 0.29) is 0 Å². The molecule has 1 unspecified atom stereocenters. The van der Waals surface area contributed by atoms with E-state index in [1.54, 1.807) is 20.3 Å². The van der Waals surface area contributed by atoms with Gasteiger partial charge >= 0.3 is 5.97 Å². The first kappa shape index (κ1) is 16.3. The predicted molar refractivity (Wildman–Crippen MR) is 77.3 cm³/mol. The molecule has 1 aromatic carbocycles. The second-order valence-corrected chi connectivity index (χ2v) is 5.08. The number of rotatable bonds is 8. The molecule has 1 aromatic rings. The molecule has 0 saturated carbocycles. The van der Waals surface area contributed by atoms with Crippen LogP contribution in [-0.2, 0) is 11.3 Å². The average molecular weight is 281 g/mol. The quantitative estimate of drug-likeness (QED) is 0.765. The zero-order valence-electron chi connectivity index (χ0n) is 12.5. The van der Waals surface area contributed by atoms with Crippen molar-refractivity contribution in [1.82, 2.24) is 5.32 Å². The first-order valence-electron chi connectivity index (χ1n) is 6.65. The Morgan fingerprint density at radius 3 is 2.50 bits per heavy atom. The largest absolute Gasteiger partial charge is 0.497 e. The number of carbonyl (C=O) groups is 1. The fourth-order valence-electron chi connectivity index (χ4n) is 1.97. The van der Waals surface area contributed by atoms with Crippen molar-refractivity contribution in [3.8, 4) is 11.5 Å². The topological polar surface area (TPSA) is 67.8 Å². The van der Waals surface area contributed by atoms with Crippen LogP contribution < -0.4 is 14.8 Å². The highest BCUT2D eigenvalue weighted by molar-refractivity contribution is 5.73. The van der Waals surface area contributed by atoms with Crippen LogP contribution in [0.2, 0.25) is 0 Å². The maximum atomic E-state index is 11.2. The van der Waals surface area contributed by atoms with Gasteiger partial charge in [0.25, 0.3) is 0 Å². The zero-order chi connectivity index (χ0) is 15.1. The normalized spacial score (nSPS) is 12.2. The summed E-state index contributed by atoms with van der Waals surface area (Å²) >= 11 is 0. The molecule has 0 radical (unpaired) electrons. The Kier molecular flexibility index (Phi) is 6.31. The summed E-state index contributed by atoms with van der Waals surface area (Å²) in [7, 11) is 3.18. The van der Waals surface area contributed by atoms with Gasteiger partial charge in [0.2, 0.25) is 0 Å². The van der Waals surface area contributed by atoms with Crippen molar-refractivity contribution in [2.45, 2.75) is 32.9 Å². The van der Waals surface area contributed by atoms with E-state index in [1.807, 2.05) is 26.0 Å². The summed E-state index contributed by atoms with van der Waals surface area (Å²) in [6.07, 6.45) is 0.591. The molecule has 5 heteroatoms. The summed E-state index contributed by atoms with van der Waals surface area (Å²) in [5.74, 6) is 0.889. The Bertz CT molecular complexity index is 445. The Labute approximate surface area is 119 Å². The zero-order valence-corrected chi connectivity index (χ0v) is 12.5. The summed E-state index contributed by atoms with van der Waals surface area (Å²) in [5.41, 5.74) is 0.906. The van der Waals surface area contributed by atoms with Crippen LogP contribution in [0.4, 0.5) is 0 Å². The Morgan fingerprint density at radius 1 is 1.30 bits per heavy atom. The number of aliphatic carboxylic acids is 1. The van der Waals surface area contributed by atoms with Gasteiger partial charge in [-0.15, -0.1) is 0 Å². The van der Waals surface area contributed by atoms with Crippen molar-refractivity contribution >= 4 is 5.97 Å². The molecule has 1 rings (SSSR count). The fraction of sp³-hybridized carbons (Fsp3) is 0.533. The second-order valence-electron chi connectivity index (χ2n) is 5.08. The van der Waals surface area contributed by atoms with Gasteiger partial charge in [-0.25, -0.2) is 0 Å². The predicted octanol–water partition coefficient (Wildman–Crippen LogP) is 2.29. The van der Waals surface area contributed by atoms with Crippen LogP contribution in [0, 0.1) is 5.92 Å². The number of nitrogens with one attached hydrogen (secondary N) is 1. The Morgan fingerprint density at radius 2 is 2.00 bits per heavy atom. The molecule has 112 valence electrons. The molecule has 0 bridgehead atoms. The Balaban J connectivity index is 2.74. The van der Waals surface area contributed by atoms with Gasteiger partial charge in [-0.2, -0.15) is 0 Å². The molecule has 1 atom stereocenters. The maximum absolute atomic E-state index is 11.2. The molecule has 0 aliphatic rings. The SMILES string of the molecule is COc1ccc(CNC(CC(C)C)C(=O)O)c(OC)c1. The molecular formula is C15H23NO4. The van der Waals surface area contributed by atoms with Crippen LogP contribution in [0.1, 0.15) is 25.8 Å². The molecule has 0 amide bonds. The van der Waals surface area contributed by atoms with Gasteiger partial charge < -0.3 is 19.9 Å². The lowest BCUT2D eigenvalue weighted by atomic mass is 10.0. The molecule has 0 aliphatic heterocycles. The number of ether oxygens (including phenoxy) is 2. The van der Waals surface area contributed by atoms with Crippen molar-refractivity contribution < 1.29 is 19.4 Å². The number of hydrogen-bond donors (Lipinski definition) is 2. The summed E-state index contributed by atoms with van der Waals surface area (Å²) in [5, 5.41) is 12.3. The number of carboxylic acid groups (broad SMARTS) is 1. The smallest absolute Gasteiger partial charge is 0.320 e. The molecule has 0 aromatic heterocycles. The summed E-state index contributed by atoms with van der Waals surface area (Å²) in [6.45, 7) is 4.45. The molecule has 0 aliphatic carbocycles. The molecule has 0 fully saturated rings. The van der Waals surface area contributed by atoms with E-state index in [1.165, 1.54) is 0 Å². The van der Waals surface area contributed by atoms with Gasteiger partial charge in [0, 0.05) is 18.2 Å². The summed E-state index contributed by atoms with van der Waals surface area (Å²) < 4.78 is 10.4. The highest BCUT2D eigenvalue weighted by Crippen LogP contribution is 2.24. The van der Waals surface area contributed by atoms with Crippen LogP contribution >= 0.6 is 0 Å². The van der Waals surface area contributed by atoms with Gasteiger partial charge in [-0.3, -0.25) is 4.79 Å². The lowest BCUT2D eigenvalue weighted by Crippen LogP contribution is -2.37. The monoisotopic (exact) mass is 281 g/mol. The minimum atomic E-state index is -0.828. The molecule has 0 saturated heterocycles. The van der Waals surface area contributed by atoms with Crippen molar-refractivity contribution in [2.75, 3.05) is 14.2 Å². The van der Waals surface area contributed by atoms with Crippen molar-refractivity contribution in [1.29, 1.82) is 0 Å². The van der Waals surface area contributed by atoms with E-state index in [9.17, 15) is 9.90 Å². The third kappa shape index (κ3) is 4.74. The number of hydrogen-bond acceptors (Lipinski definition) is 4. The third-order valence-corrected chi connectivity index (χ3v) is 3.04. The molecule has 5 nitrogen and oxygen atoms in total. The van der Waals surface area contributed by atoms with E-state index in [0.29, 0.717) is 30.4 Å². The van der Waals surface area contributed by atoms with Gasteiger partial charge in [-0.05, 0) is 18.4 Å². The maximum Gasteiger partial charge on any atom is 0.320 e. The highest BCUT2D eigenvalue weighted by atomic mass is 16.5. The number of benzene rings is 1. The first-order chi connectivity index (χ1) is 9.47. The molecule has 2 N–H and O–H groups in total. The van der Waals surface area contributed by atoms with Crippen LogP contribution in [-0.4, -0.2) is 31.3 Å². The van der Waals surface area contributed by atoms with Gasteiger partial charge in [0.1, 0.15) is 17.5 Å². The molecular weight excluding hydrogens is 258 g/mol. The second kappa shape index (κ2) is 7.75. The lowest BCUT2D eigenvalue weighted by Gasteiger charge is -2.17. The van der Waals surface area contributed by atoms with E-state index in [2.05, 4.69) is 5.32 Å². The number of methoxy groups -OCH3 is 2. The molecule has 0 heterocycles. The van der Waals surface area contributed by atoms with E-state index < -0.39 is 12.0 Å². The standard InChI is InChI=1S/C15H23NO4/c1-10(2)7-13(15(17)18)16-9-11-5-6-12(19-3)8-14(11)20-4/h5-6,8,10,13,16H,7,9H2,1-4H3,(H,17,18). The van der Waals surface area contributed by atoms with Gasteiger partial charge in [0.15, 0.2) is 0 Å². The minimum Gasteiger partial charge on any atom is -0.497 e. The summed E-state index contributed by atoms with van der Waals surface area (Å²) in [6, 6.07) is 4.94. The fourth-order valence-corrected chi connectivity index (χ4v) is 1.97. The van der Waals surface area contributed by atoms with Crippen molar-refractivity contribution in [2.24, 2.45) is 5.92 Å². The first-order valence-corrected chi connectivity index (χ1v) is 6.65. The third-order valence-electron chi connectivity index (χ3n) is 3.04. The van der Waals surface area contributed by atoms with Crippen molar-refractivity contribution in [3.63, 3.8) is 0 Å². The molecule has 0 spiro atoms. The average Bonchev–Trinajstić information content (AvgIpc) is 2.42. The van der Waals surface area contributed by atoms with Gasteiger partial charge in [-0.1, -0.05) is 19.9 Å². The van der Waals surface area contributed by atoms with E-state index >= 15 is 0 Å². The highest BCUT2D eigenvalue weighted by Gasteiger charge is 2.18.